The number of fused-ring (bicyclic) bond motifs is 1. The number of benzene rings is 1. The van der Waals surface area contributed by atoms with E-state index in [0.29, 0.717) is 13.2 Å². The number of carboxylic acids is 1. The Morgan fingerprint density at radius 2 is 2.05 bits per heavy atom. The first kappa shape index (κ1) is 29.3. The van der Waals surface area contributed by atoms with E-state index in [0.717, 1.165) is 57.9 Å². The first-order valence-electron chi connectivity index (χ1n) is 12.5. The predicted octanol–water partition coefficient (Wildman–Crippen LogP) is 4.64. The number of thiazole rings is 1. The standard InChI is InChI=1S/C24H29N5O3S.C2HF3O2/c1-14-20(15(2)32-28-14)25-17-7-5-6-16(10-17)11-18-13-31-9-8-29(18)23-26-19-12-24(3,4)27-22(30)21(19)33-23;3-2(4,5)1(6)7/h5-7,10,18,25H,8-9,11-13H2,1-4H3,(H,27,30);(H,6,7). The third-order valence-electron chi connectivity index (χ3n) is 6.37. The maximum atomic E-state index is 12.6. The molecule has 1 saturated heterocycles. The molecule has 0 radical (unpaired) electrons. The molecular weight excluding hydrogens is 551 g/mol. The summed E-state index contributed by atoms with van der Waals surface area (Å²) >= 11 is 1.49. The lowest BCUT2D eigenvalue weighted by Gasteiger charge is -2.35. The van der Waals surface area contributed by atoms with Gasteiger partial charge in [-0.2, -0.15) is 13.2 Å². The maximum absolute atomic E-state index is 12.6. The molecule has 40 heavy (non-hydrogen) atoms. The molecule has 3 N–H and O–H groups in total. The largest absolute Gasteiger partial charge is 0.490 e. The fourth-order valence-corrected chi connectivity index (χ4v) is 5.59. The number of ether oxygens (including phenoxy) is 1. The number of hydrogen-bond donors (Lipinski definition) is 3. The Hall–Kier alpha value is -3.65. The van der Waals surface area contributed by atoms with Crippen LogP contribution in [-0.4, -0.2) is 64.6 Å². The molecule has 216 valence electrons. The topological polar surface area (TPSA) is 130 Å². The zero-order chi connectivity index (χ0) is 29.2. The summed E-state index contributed by atoms with van der Waals surface area (Å²) in [5.74, 6) is -2.01. The van der Waals surface area contributed by atoms with E-state index in [9.17, 15) is 18.0 Å². The second-order valence-electron chi connectivity index (χ2n) is 10.2. The Kier molecular flexibility index (Phi) is 8.40. The van der Waals surface area contributed by atoms with E-state index in [-0.39, 0.29) is 17.5 Å². The normalized spacial score (nSPS) is 18.3. The molecule has 1 atom stereocenters. The van der Waals surface area contributed by atoms with Crippen molar-refractivity contribution in [2.24, 2.45) is 0 Å². The second kappa shape index (κ2) is 11.5. The zero-order valence-electron chi connectivity index (χ0n) is 22.4. The SMILES string of the molecule is Cc1noc(C)c1Nc1cccc(CC2COCCN2c2nc3c(s2)C(=O)NC(C)(C)C3)c1.O=C(O)C(F)(F)F. The summed E-state index contributed by atoms with van der Waals surface area (Å²) in [6, 6.07) is 8.53. The van der Waals surface area contributed by atoms with Gasteiger partial charge in [0.25, 0.3) is 5.91 Å². The summed E-state index contributed by atoms with van der Waals surface area (Å²) in [4.78, 5) is 29.4. The number of hydrogen-bond acceptors (Lipinski definition) is 9. The van der Waals surface area contributed by atoms with Gasteiger partial charge in [-0.25, -0.2) is 9.78 Å². The highest BCUT2D eigenvalue weighted by Gasteiger charge is 2.38. The van der Waals surface area contributed by atoms with Crippen LogP contribution in [-0.2, 0) is 22.4 Å². The predicted molar refractivity (Wildman–Crippen MR) is 142 cm³/mol. The first-order valence-corrected chi connectivity index (χ1v) is 13.3. The number of carbonyl (C=O) groups is 2. The van der Waals surface area contributed by atoms with Crippen molar-refractivity contribution in [3.63, 3.8) is 0 Å². The van der Waals surface area contributed by atoms with Gasteiger partial charge in [-0.1, -0.05) is 28.6 Å². The van der Waals surface area contributed by atoms with E-state index in [1.165, 1.54) is 16.9 Å². The van der Waals surface area contributed by atoms with Crippen LogP contribution < -0.4 is 15.5 Å². The number of morpholine rings is 1. The fraction of sp³-hybridized carbons (Fsp3) is 0.462. The fourth-order valence-electron chi connectivity index (χ4n) is 4.52. The van der Waals surface area contributed by atoms with Crippen LogP contribution in [0.1, 0.15) is 46.2 Å². The summed E-state index contributed by atoms with van der Waals surface area (Å²) in [6.45, 7) is 9.95. The molecule has 2 aliphatic heterocycles. The van der Waals surface area contributed by atoms with Gasteiger partial charge in [0.05, 0.1) is 24.9 Å². The van der Waals surface area contributed by atoms with Crippen molar-refractivity contribution in [3.8, 4) is 0 Å². The van der Waals surface area contributed by atoms with Gasteiger partial charge in [0.2, 0.25) is 0 Å². The monoisotopic (exact) mass is 581 g/mol. The smallest absolute Gasteiger partial charge is 0.475 e. The van der Waals surface area contributed by atoms with Crippen LogP contribution >= 0.6 is 11.3 Å². The summed E-state index contributed by atoms with van der Waals surface area (Å²) in [7, 11) is 0. The van der Waals surface area contributed by atoms with Crippen molar-refractivity contribution in [2.45, 2.75) is 58.3 Å². The molecule has 2 aliphatic rings. The van der Waals surface area contributed by atoms with Crippen molar-refractivity contribution in [1.29, 1.82) is 0 Å². The lowest BCUT2D eigenvalue weighted by molar-refractivity contribution is -0.192. The van der Waals surface area contributed by atoms with Crippen LogP contribution in [0.25, 0.3) is 0 Å². The van der Waals surface area contributed by atoms with Gasteiger partial charge in [0.1, 0.15) is 16.3 Å². The molecule has 5 rings (SSSR count). The van der Waals surface area contributed by atoms with Gasteiger partial charge in [-0.3, -0.25) is 4.79 Å². The molecule has 1 amide bonds. The van der Waals surface area contributed by atoms with Gasteiger partial charge in [-0.15, -0.1) is 0 Å². The van der Waals surface area contributed by atoms with Crippen LogP contribution in [0.15, 0.2) is 28.8 Å². The van der Waals surface area contributed by atoms with Crippen molar-refractivity contribution in [2.75, 3.05) is 30.0 Å². The lowest BCUT2D eigenvalue weighted by atomic mass is 9.94. The van der Waals surface area contributed by atoms with E-state index < -0.39 is 12.1 Å². The minimum Gasteiger partial charge on any atom is -0.475 e. The maximum Gasteiger partial charge on any atom is 0.490 e. The van der Waals surface area contributed by atoms with Gasteiger partial charge < -0.3 is 29.9 Å². The van der Waals surface area contributed by atoms with Crippen LogP contribution in [0.5, 0.6) is 0 Å². The van der Waals surface area contributed by atoms with Gasteiger partial charge in [-0.05, 0) is 51.8 Å². The van der Waals surface area contributed by atoms with E-state index in [4.69, 9.17) is 24.1 Å². The number of aromatic nitrogens is 2. The molecule has 1 unspecified atom stereocenters. The summed E-state index contributed by atoms with van der Waals surface area (Å²) in [5, 5.41) is 18.6. The molecule has 0 spiro atoms. The molecule has 4 heterocycles. The Bertz CT molecular complexity index is 1370. The van der Waals surface area contributed by atoms with Crippen LogP contribution in [0.3, 0.4) is 0 Å². The number of carbonyl (C=O) groups excluding carboxylic acids is 1. The van der Waals surface area contributed by atoms with Gasteiger partial charge in [0, 0.05) is 24.2 Å². The number of aliphatic carboxylic acids is 1. The van der Waals surface area contributed by atoms with Crippen LogP contribution in [0.4, 0.5) is 29.7 Å². The number of anilines is 3. The molecule has 2 aromatic heterocycles. The average Bonchev–Trinajstić information content (AvgIpc) is 3.42. The summed E-state index contributed by atoms with van der Waals surface area (Å²) < 4.78 is 42.8. The number of nitrogens with zero attached hydrogens (tertiary/aromatic N) is 3. The van der Waals surface area contributed by atoms with Gasteiger partial charge >= 0.3 is 12.1 Å². The Labute approximate surface area is 232 Å². The summed E-state index contributed by atoms with van der Waals surface area (Å²) in [6.07, 6.45) is -3.52. The number of rotatable bonds is 5. The average molecular weight is 582 g/mol. The molecule has 10 nitrogen and oxygen atoms in total. The van der Waals surface area contributed by atoms with Crippen molar-refractivity contribution >= 4 is 39.7 Å². The third-order valence-corrected chi connectivity index (χ3v) is 7.50. The first-order chi connectivity index (χ1) is 18.7. The minimum absolute atomic E-state index is 0.0205. The number of carboxylic acid groups (broad SMARTS) is 1. The van der Waals surface area contributed by atoms with Gasteiger partial charge in [0.15, 0.2) is 10.9 Å². The Morgan fingerprint density at radius 1 is 1.32 bits per heavy atom. The molecule has 0 aliphatic carbocycles. The number of alkyl halides is 3. The number of nitrogens with one attached hydrogen (secondary N) is 2. The lowest BCUT2D eigenvalue weighted by Crippen LogP contribution is -2.48. The van der Waals surface area contributed by atoms with E-state index in [1.54, 1.807) is 0 Å². The number of aryl methyl sites for hydroxylation is 2. The molecule has 1 fully saturated rings. The molecular formula is C26H30F3N5O5S. The van der Waals surface area contributed by atoms with E-state index in [1.807, 2.05) is 33.8 Å². The van der Waals surface area contributed by atoms with E-state index in [2.05, 4.69) is 38.9 Å². The summed E-state index contributed by atoms with van der Waals surface area (Å²) in [5.41, 5.74) is 4.57. The number of halogens is 3. The van der Waals surface area contributed by atoms with Crippen molar-refractivity contribution < 1.29 is 37.1 Å². The highest BCUT2D eigenvalue weighted by atomic mass is 32.1. The highest BCUT2D eigenvalue weighted by Crippen LogP contribution is 2.34. The molecule has 0 bridgehead atoms. The number of amides is 1. The molecule has 1 aromatic carbocycles. The zero-order valence-corrected chi connectivity index (χ0v) is 23.2. The van der Waals surface area contributed by atoms with Crippen molar-refractivity contribution in [3.05, 3.63) is 51.9 Å². The van der Waals surface area contributed by atoms with Crippen LogP contribution in [0.2, 0.25) is 0 Å². The van der Waals surface area contributed by atoms with Crippen LogP contribution in [0, 0.1) is 13.8 Å². The third kappa shape index (κ3) is 6.91. The molecule has 0 saturated carbocycles. The molecule has 3 aromatic rings. The van der Waals surface area contributed by atoms with Crippen molar-refractivity contribution in [1.82, 2.24) is 15.5 Å². The quantitative estimate of drug-likeness (QED) is 0.395. The Balaban J connectivity index is 0.000000470. The minimum atomic E-state index is -5.08. The molecule has 14 heteroatoms. The second-order valence-corrected chi connectivity index (χ2v) is 11.2. The van der Waals surface area contributed by atoms with E-state index >= 15 is 0 Å². The Morgan fingerprint density at radius 3 is 2.70 bits per heavy atom. The highest BCUT2D eigenvalue weighted by molar-refractivity contribution is 7.17.